The SMILES string of the molecule is C=CCCCCC1CCCCCCBC1C1CCCCCCCC1. The Morgan fingerprint density at radius 2 is 1.38 bits per heavy atom. The van der Waals surface area contributed by atoms with Gasteiger partial charge in [-0.2, -0.15) is 0 Å². The summed E-state index contributed by atoms with van der Waals surface area (Å²) in [6, 6.07) is 0. The third-order valence-corrected chi connectivity index (χ3v) is 6.96. The highest BCUT2D eigenvalue weighted by Crippen LogP contribution is 2.41. The van der Waals surface area contributed by atoms with Crippen LogP contribution in [-0.4, -0.2) is 7.28 Å². The molecular weight excluding hydrogens is 287 g/mol. The molecular formula is C23H43B. The Balaban J connectivity index is 1.96. The molecule has 2 aliphatic rings. The smallest absolute Gasteiger partial charge is 0.103 e. The van der Waals surface area contributed by atoms with Gasteiger partial charge < -0.3 is 0 Å². The molecule has 0 amide bonds. The third kappa shape index (κ3) is 7.79. The number of hydrogen-bond donors (Lipinski definition) is 0. The van der Waals surface area contributed by atoms with Crippen molar-refractivity contribution in [1.82, 2.24) is 0 Å². The van der Waals surface area contributed by atoms with Gasteiger partial charge in [-0.15, -0.1) is 6.58 Å². The van der Waals surface area contributed by atoms with Crippen molar-refractivity contribution in [1.29, 1.82) is 0 Å². The molecule has 1 saturated heterocycles. The molecule has 1 heterocycles. The van der Waals surface area contributed by atoms with Gasteiger partial charge in [-0.1, -0.05) is 115 Å². The molecule has 0 nitrogen and oxygen atoms in total. The highest BCUT2D eigenvalue weighted by Gasteiger charge is 2.29. The van der Waals surface area contributed by atoms with E-state index in [1.165, 1.54) is 103 Å². The maximum atomic E-state index is 3.90. The average Bonchev–Trinajstić information content (AvgIpc) is 2.80. The molecule has 0 aromatic heterocycles. The van der Waals surface area contributed by atoms with Gasteiger partial charge in [-0.25, -0.2) is 0 Å². The first-order valence-corrected chi connectivity index (χ1v) is 11.5. The summed E-state index contributed by atoms with van der Waals surface area (Å²) in [7, 11) is 1.55. The minimum atomic E-state index is 1.04. The lowest BCUT2D eigenvalue weighted by molar-refractivity contribution is 0.289. The first-order valence-electron chi connectivity index (χ1n) is 11.5. The second-order valence-corrected chi connectivity index (χ2v) is 8.80. The van der Waals surface area contributed by atoms with Gasteiger partial charge in [-0.3, -0.25) is 0 Å². The van der Waals surface area contributed by atoms with Crippen LogP contribution in [0.5, 0.6) is 0 Å². The van der Waals surface area contributed by atoms with E-state index >= 15 is 0 Å². The first-order chi connectivity index (χ1) is 11.9. The maximum absolute atomic E-state index is 3.90. The minimum Gasteiger partial charge on any atom is -0.103 e. The van der Waals surface area contributed by atoms with Crippen molar-refractivity contribution >= 4 is 7.28 Å². The number of unbranched alkanes of at least 4 members (excludes halogenated alkanes) is 2. The molecule has 0 N–H and O–H groups in total. The van der Waals surface area contributed by atoms with Crippen molar-refractivity contribution in [2.75, 3.05) is 0 Å². The molecule has 1 aliphatic carbocycles. The van der Waals surface area contributed by atoms with Crippen LogP contribution >= 0.6 is 0 Å². The van der Waals surface area contributed by atoms with Gasteiger partial charge in [0.05, 0.1) is 0 Å². The Kier molecular flexibility index (Phi) is 11.0. The lowest BCUT2D eigenvalue weighted by atomic mass is 9.50. The fourth-order valence-electron chi connectivity index (χ4n) is 5.53. The predicted octanol–water partition coefficient (Wildman–Crippen LogP) is 7.71. The quantitative estimate of drug-likeness (QED) is 0.266. The van der Waals surface area contributed by atoms with Crippen LogP contribution in [0.4, 0.5) is 0 Å². The van der Waals surface area contributed by atoms with Crippen molar-refractivity contribution in [3.05, 3.63) is 12.7 Å². The Bertz CT molecular complexity index is 301. The van der Waals surface area contributed by atoms with E-state index in [4.69, 9.17) is 0 Å². The Hall–Kier alpha value is -0.195. The topological polar surface area (TPSA) is 0 Å². The van der Waals surface area contributed by atoms with E-state index in [1.54, 1.807) is 20.1 Å². The molecule has 0 bridgehead atoms. The molecule has 138 valence electrons. The van der Waals surface area contributed by atoms with E-state index < -0.39 is 0 Å². The van der Waals surface area contributed by atoms with Crippen LogP contribution in [0.1, 0.15) is 109 Å². The minimum absolute atomic E-state index is 1.04. The monoisotopic (exact) mass is 330 g/mol. The van der Waals surface area contributed by atoms with Crippen LogP contribution < -0.4 is 0 Å². The molecule has 24 heavy (non-hydrogen) atoms. The molecule has 0 aromatic rings. The second-order valence-electron chi connectivity index (χ2n) is 8.80. The highest BCUT2D eigenvalue weighted by molar-refractivity contribution is 6.37. The fraction of sp³-hybridized carbons (Fsp3) is 0.913. The summed E-state index contributed by atoms with van der Waals surface area (Å²) in [5.41, 5.74) is 0. The van der Waals surface area contributed by atoms with Gasteiger partial charge in [0.25, 0.3) is 0 Å². The van der Waals surface area contributed by atoms with Crippen molar-refractivity contribution in [2.24, 2.45) is 11.8 Å². The zero-order valence-corrected chi connectivity index (χ0v) is 16.5. The molecule has 0 spiro atoms. The van der Waals surface area contributed by atoms with Crippen molar-refractivity contribution in [3.63, 3.8) is 0 Å². The molecule has 2 unspecified atom stereocenters. The van der Waals surface area contributed by atoms with E-state index in [0.717, 1.165) is 17.7 Å². The third-order valence-electron chi connectivity index (χ3n) is 6.96. The fourth-order valence-corrected chi connectivity index (χ4v) is 5.53. The number of allylic oxidation sites excluding steroid dienone is 1. The number of hydrogen-bond acceptors (Lipinski definition) is 0. The molecule has 0 aromatic carbocycles. The summed E-state index contributed by atoms with van der Waals surface area (Å²) >= 11 is 0. The van der Waals surface area contributed by atoms with E-state index in [1.807, 2.05) is 0 Å². The van der Waals surface area contributed by atoms with Crippen molar-refractivity contribution < 1.29 is 0 Å². The lowest BCUT2D eigenvalue weighted by Crippen LogP contribution is -2.24. The largest absolute Gasteiger partial charge is 0.124 e. The Morgan fingerprint density at radius 3 is 2.08 bits per heavy atom. The summed E-state index contributed by atoms with van der Waals surface area (Å²) in [5.74, 6) is 3.16. The summed E-state index contributed by atoms with van der Waals surface area (Å²) in [6.07, 6.45) is 28.9. The Morgan fingerprint density at radius 1 is 0.750 bits per heavy atom. The molecule has 1 saturated carbocycles. The van der Waals surface area contributed by atoms with Crippen LogP contribution in [0.3, 0.4) is 0 Å². The van der Waals surface area contributed by atoms with Crippen LogP contribution in [0.15, 0.2) is 12.7 Å². The van der Waals surface area contributed by atoms with Crippen LogP contribution in [0.2, 0.25) is 12.1 Å². The standard InChI is InChI=1S/C23H43B/c1-2-3-4-11-16-21-19-14-9-10-15-20-24-23(21)22-17-12-7-5-6-8-13-18-22/h2,21-24H,1,3-20H2. The molecule has 2 atom stereocenters. The number of rotatable bonds is 6. The zero-order valence-electron chi connectivity index (χ0n) is 16.5. The molecule has 1 aliphatic heterocycles. The van der Waals surface area contributed by atoms with Crippen LogP contribution in [-0.2, 0) is 0 Å². The maximum Gasteiger partial charge on any atom is 0.124 e. The van der Waals surface area contributed by atoms with E-state index in [9.17, 15) is 0 Å². The first kappa shape index (κ1) is 20.1. The summed E-state index contributed by atoms with van der Waals surface area (Å²) in [5, 5.41) is 0. The zero-order chi connectivity index (χ0) is 16.9. The van der Waals surface area contributed by atoms with E-state index in [2.05, 4.69) is 12.7 Å². The normalized spacial score (nSPS) is 28.3. The molecule has 2 rings (SSSR count). The van der Waals surface area contributed by atoms with Gasteiger partial charge in [0, 0.05) is 0 Å². The predicted molar refractivity (Wildman–Crippen MR) is 111 cm³/mol. The van der Waals surface area contributed by atoms with Crippen molar-refractivity contribution in [3.8, 4) is 0 Å². The van der Waals surface area contributed by atoms with Crippen LogP contribution in [0.25, 0.3) is 0 Å². The average molecular weight is 330 g/mol. The summed E-state index contributed by atoms with van der Waals surface area (Å²) in [4.78, 5) is 0. The summed E-state index contributed by atoms with van der Waals surface area (Å²) < 4.78 is 0. The van der Waals surface area contributed by atoms with E-state index in [0.29, 0.717) is 0 Å². The van der Waals surface area contributed by atoms with Crippen molar-refractivity contribution in [2.45, 2.75) is 121 Å². The molecule has 2 fully saturated rings. The van der Waals surface area contributed by atoms with Crippen LogP contribution in [0, 0.1) is 11.8 Å². The van der Waals surface area contributed by atoms with Gasteiger partial charge in [0.1, 0.15) is 7.28 Å². The van der Waals surface area contributed by atoms with Gasteiger partial charge in [0.2, 0.25) is 0 Å². The van der Waals surface area contributed by atoms with Gasteiger partial charge >= 0.3 is 0 Å². The van der Waals surface area contributed by atoms with Gasteiger partial charge in [0.15, 0.2) is 0 Å². The lowest BCUT2D eigenvalue weighted by Gasteiger charge is -2.34. The molecule has 1 heteroatoms. The van der Waals surface area contributed by atoms with E-state index in [-0.39, 0.29) is 0 Å². The highest BCUT2D eigenvalue weighted by atomic mass is 14.3. The Labute approximate surface area is 153 Å². The van der Waals surface area contributed by atoms with Gasteiger partial charge in [-0.05, 0) is 24.7 Å². The summed E-state index contributed by atoms with van der Waals surface area (Å²) in [6.45, 7) is 3.90. The molecule has 0 radical (unpaired) electrons. The second kappa shape index (κ2) is 13.1.